The van der Waals surface area contributed by atoms with E-state index in [4.69, 9.17) is 4.99 Å². The molecule has 172 valence electrons. The Morgan fingerprint density at radius 1 is 1.16 bits per heavy atom. The van der Waals surface area contributed by atoms with Gasteiger partial charge in [0, 0.05) is 36.9 Å². The molecule has 0 radical (unpaired) electrons. The normalized spacial score (nSPS) is 12.3. The van der Waals surface area contributed by atoms with E-state index in [9.17, 15) is 4.79 Å². The molecule has 3 N–H and O–H groups in total. The second kappa shape index (κ2) is 12.7. The number of carbonyl (C=O) groups excluding carboxylic acids is 1. The van der Waals surface area contributed by atoms with E-state index < -0.39 is 0 Å². The first-order valence-corrected chi connectivity index (χ1v) is 10.6. The molecule has 1 aromatic carbocycles. The lowest BCUT2D eigenvalue weighted by Crippen LogP contribution is -2.43. The first-order valence-electron chi connectivity index (χ1n) is 10.6. The average molecular weight is 540 g/mol. The van der Waals surface area contributed by atoms with E-state index in [1.54, 1.807) is 0 Å². The van der Waals surface area contributed by atoms with Gasteiger partial charge in [-0.15, -0.1) is 24.0 Å². The highest BCUT2D eigenvalue weighted by Crippen LogP contribution is 2.14. The number of aromatic nitrogens is 2. The van der Waals surface area contributed by atoms with E-state index >= 15 is 0 Å². The highest BCUT2D eigenvalue weighted by molar-refractivity contribution is 14.0. The first-order chi connectivity index (χ1) is 14.2. The topological polar surface area (TPSA) is 83.3 Å². The number of rotatable bonds is 8. The Hall–Kier alpha value is -2.10. The molecule has 1 unspecified atom stereocenters. The van der Waals surface area contributed by atoms with Gasteiger partial charge in [-0.1, -0.05) is 26.0 Å². The minimum absolute atomic E-state index is 0. The van der Waals surface area contributed by atoms with Crippen LogP contribution in [0.1, 0.15) is 50.2 Å². The fraction of sp³-hybridized carbons (Fsp3) is 0.522. The maximum atomic E-state index is 11.8. The maximum absolute atomic E-state index is 11.8. The molecule has 0 aliphatic heterocycles. The molecule has 7 nitrogen and oxygen atoms in total. The number of hydrogen-bond acceptors (Lipinski definition) is 3. The third-order valence-corrected chi connectivity index (χ3v) is 5.06. The summed E-state index contributed by atoms with van der Waals surface area (Å²) in [6.45, 7) is 13.5. The Bertz CT molecular complexity index is 873. The summed E-state index contributed by atoms with van der Waals surface area (Å²) in [5.41, 5.74) is 5.46. The summed E-state index contributed by atoms with van der Waals surface area (Å²) < 4.78 is 1.93. The fourth-order valence-corrected chi connectivity index (χ4v) is 3.17. The number of guanidine groups is 1. The van der Waals surface area contributed by atoms with Crippen molar-refractivity contribution in [2.75, 3.05) is 11.9 Å². The molecule has 1 atom stereocenters. The third-order valence-electron chi connectivity index (χ3n) is 5.06. The van der Waals surface area contributed by atoms with Crippen molar-refractivity contribution in [3.05, 3.63) is 46.8 Å². The zero-order valence-electron chi connectivity index (χ0n) is 19.7. The van der Waals surface area contributed by atoms with Crippen molar-refractivity contribution in [2.45, 2.75) is 60.5 Å². The van der Waals surface area contributed by atoms with Crippen LogP contribution < -0.4 is 16.0 Å². The molecule has 31 heavy (non-hydrogen) atoms. The summed E-state index contributed by atoms with van der Waals surface area (Å²) in [5.74, 6) is 0.776. The lowest BCUT2D eigenvalue weighted by atomic mass is 10.1. The Morgan fingerprint density at radius 2 is 1.81 bits per heavy atom. The molecule has 1 aromatic heterocycles. The van der Waals surface area contributed by atoms with Gasteiger partial charge < -0.3 is 16.0 Å². The summed E-state index contributed by atoms with van der Waals surface area (Å²) in [5, 5.41) is 14.2. The third kappa shape index (κ3) is 8.16. The van der Waals surface area contributed by atoms with Crippen LogP contribution in [-0.4, -0.2) is 34.2 Å². The largest absolute Gasteiger partial charge is 0.357 e. The molecule has 1 heterocycles. The van der Waals surface area contributed by atoms with Gasteiger partial charge in [0.15, 0.2) is 5.96 Å². The number of aliphatic imine (C=N–C) groups is 1. The van der Waals surface area contributed by atoms with Crippen LogP contribution in [0.3, 0.4) is 0 Å². The number of benzene rings is 1. The maximum Gasteiger partial charge on any atom is 0.226 e. The summed E-state index contributed by atoms with van der Waals surface area (Å²) in [7, 11) is 1.98. The molecular formula is C23H37IN6O. The number of halogens is 1. The van der Waals surface area contributed by atoms with Crippen molar-refractivity contribution in [3.8, 4) is 0 Å². The lowest BCUT2D eigenvalue weighted by Gasteiger charge is -2.18. The van der Waals surface area contributed by atoms with Crippen LogP contribution in [-0.2, 0) is 24.8 Å². The summed E-state index contributed by atoms with van der Waals surface area (Å²) in [4.78, 5) is 16.5. The number of amides is 1. The molecule has 0 spiro atoms. The fourth-order valence-electron chi connectivity index (χ4n) is 3.17. The molecule has 0 fully saturated rings. The minimum atomic E-state index is -0.0377. The van der Waals surface area contributed by atoms with Gasteiger partial charge in [0.1, 0.15) is 0 Å². The van der Waals surface area contributed by atoms with Crippen molar-refractivity contribution in [1.82, 2.24) is 20.4 Å². The Morgan fingerprint density at radius 3 is 2.32 bits per heavy atom. The molecule has 0 bridgehead atoms. The van der Waals surface area contributed by atoms with Crippen LogP contribution in [0.25, 0.3) is 0 Å². The molecule has 2 aromatic rings. The molecule has 0 aliphatic carbocycles. The Labute approximate surface area is 203 Å². The molecule has 8 heteroatoms. The van der Waals surface area contributed by atoms with Crippen LogP contribution in [0.4, 0.5) is 5.69 Å². The van der Waals surface area contributed by atoms with Gasteiger partial charge in [0.05, 0.1) is 12.2 Å². The molecule has 0 saturated carbocycles. The SMILES string of the molecule is CCNC(=NCc1ccc(NC(=O)C(C)C)cc1)NC(C)Cc1c(C)nn(C)c1C.I. The zero-order valence-corrected chi connectivity index (χ0v) is 22.1. The smallest absolute Gasteiger partial charge is 0.226 e. The minimum Gasteiger partial charge on any atom is -0.357 e. The number of hydrogen-bond donors (Lipinski definition) is 3. The number of anilines is 1. The van der Waals surface area contributed by atoms with Gasteiger partial charge in [-0.25, -0.2) is 4.99 Å². The lowest BCUT2D eigenvalue weighted by molar-refractivity contribution is -0.118. The van der Waals surface area contributed by atoms with Crippen molar-refractivity contribution in [1.29, 1.82) is 0 Å². The highest BCUT2D eigenvalue weighted by atomic mass is 127. The van der Waals surface area contributed by atoms with E-state index in [2.05, 4.69) is 48.7 Å². The van der Waals surface area contributed by atoms with E-state index in [0.717, 1.165) is 35.9 Å². The van der Waals surface area contributed by atoms with E-state index in [1.807, 2.05) is 49.8 Å². The van der Waals surface area contributed by atoms with Crippen molar-refractivity contribution >= 4 is 41.5 Å². The molecule has 0 aliphatic rings. The van der Waals surface area contributed by atoms with Gasteiger partial charge in [-0.3, -0.25) is 9.48 Å². The number of carbonyl (C=O) groups is 1. The van der Waals surface area contributed by atoms with Gasteiger partial charge in [-0.2, -0.15) is 5.10 Å². The number of aryl methyl sites for hydroxylation is 2. The van der Waals surface area contributed by atoms with Crippen LogP contribution >= 0.6 is 24.0 Å². The number of nitrogens with one attached hydrogen (secondary N) is 3. The monoisotopic (exact) mass is 540 g/mol. The second-order valence-electron chi connectivity index (χ2n) is 8.06. The summed E-state index contributed by atoms with van der Waals surface area (Å²) >= 11 is 0. The van der Waals surface area contributed by atoms with Crippen molar-refractivity contribution in [3.63, 3.8) is 0 Å². The van der Waals surface area contributed by atoms with Gasteiger partial charge in [0.25, 0.3) is 0 Å². The predicted octanol–water partition coefficient (Wildman–Crippen LogP) is 3.94. The van der Waals surface area contributed by atoms with E-state index in [0.29, 0.717) is 6.54 Å². The van der Waals surface area contributed by atoms with Crippen LogP contribution in [0, 0.1) is 19.8 Å². The quantitative estimate of drug-likeness (QED) is 0.269. The Kier molecular flexibility index (Phi) is 11.0. The van der Waals surface area contributed by atoms with Gasteiger partial charge in [-0.05, 0) is 57.4 Å². The molecule has 0 saturated heterocycles. The summed E-state index contributed by atoms with van der Waals surface area (Å²) in [6, 6.07) is 8.05. The highest BCUT2D eigenvalue weighted by Gasteiger charge is 2.14. The second-order valence-corrected chi connectivity index (χ2v) is 8.06. The average Bonchev–Trinajstić information content (AvgIpc) is 2.93. The van der Waals surface area contributed by atoms with Crippen LogP contribution in [0.15, 0.2) is 29.3 Å². The van der Waals surface area contributed by atoms with Gasteiger partial charge >= 0.3 is 0 Å². The summed E-state index contributed by atoms with van der Waals surface area (Å²) in [6.07, 6.45) is 0.889. The molecule has 1 amide bonds. The zero-order chi connectivity index (χ0) is 22.3. The van der Waals surface area contributed by atoms with Crippen molar-refractivity contribution < 1.29 is 4.79 Å². The van der Waals surface area contributed by atoms with Crippen molar-refractivity contribution in [2.24, 2.45) is 18.0 Å². The van der Waals surface area contributed by atoms with Crippen LogP contribution in [0.5, 0.6) is 0 Å². The molecule has 2 rings (SSSR count). The van der Waals surface area contributed by atoms with E-state index in [1.165, 1.54) is 11.3 Å². The standard InChI is InChI=1S/C23H36N6O.HI/c1-8-24-23(26-16(4)13-21-17(5)28-29(7)18(21)6)25-14-19-9-11-20(12-10-19)27-22(30)15(2)3;/h9-12,15-16H,8,13-14H2,1-7H3,(H,27,30)(H2,24,25,26);1H. The van der Waals surface area contributed by atoms with Crippen LogP contribution in [0.2, 0.25) is 0 Å². The van der Waals surface area contributed by atoms with E-state index in [-0.39, 0.29) is 41.8 Å². The Balaban J connectivity index is 0.00000480. The number of nitrogens with zero attached hydrogens (tertiary/aromatic N) is 3. The first kappa shape index (κ1) is 26.9. The predicted molar refractivity (Wildman–Crippen MR) is 139 cm³/mol. The molecular weight excluding hydrogens is 503 g/mol. The van der Waals surface area contributed by atoms with Gasteiger partial charge in [0.2, 0.25) is 5.91 Å².